The van der Waals surface area contributed by atoms with Gasteiger partial charge in [0, 0.05) is 12.7 Å². The van der Waals surface area contributed by atoms with E-state index in [1.165, 1.54) is 6.26 Å². The fourth-order valence-corrected chi connectivity index (χ4v) is 2.28. The molecule has 0 aliphatic rings. The van der Waals surface area contributed by atoms with Crippen LogP contribution in [0.5, 0.6) is 0 Å². The summed E-state index contributed by atoms with van der Waals surface area (Å²) in [5, 5.41) is 3.84. The molecule has 1 aromatic carbocycles. The summed E-state index contributed by atoms with van der Waals surface area (Å²) in [5.41, 5.74) is 0.874. The molecule has 0 bridgehead atoms. The van der Waals surface area contributed by atoms with Gasteiger partial charge in [0.2, 0.25) is 5.89 Å². The third kappa shape index (κ3) is 3.77. The summed E-state index contributed by atoms with van der Waals surface area (Å²) >= 11 is 0. The highest BCUT2D eigenvalue weighted by Gasteiger charge is 2.05. The summed E-state index contributed by atoms with van der Waals surface area (Å²) in [5.74, 6) is 1.14. The van der Waals surface area contributed by atoms with Crippen LogP contribution >= 0.6 is 0 Å². The number of rotatable bonds is 5. The summed E-state index contributed by atoms with van der Waals surface area (Å²) in [7, 11) is -3.15. The lowest BCUT2D eigenvalue weighted by Crippen LogP contribution is -1.96. The van der Waals surface area contributed by atoms with Crippen LogP contribution in [0.1, 0.15) is 30.6 Å². The minimum atomic E-state index is -3.15. The number of aryl methyl sites for hydroxylation is 1. The molecule has 0 unspecified atom stereocenters. The Morgan fingerprint density at radius 2 is 1.90 bits per heavy atom. The Balaban J connectivity index is 2.11. The molecular formula is C14H16N2O3S. The lowest BCUT2D eigenvalue weighted by Gasteiger charge is -1.98. The van der Waals surface area contributed by atoms with Crippen LogP contribution in [-0.2, 0) is 16.3 Å². The van der Waals surface area contributed by atoms with E-state index in [0.717, 1.165) is 18.4 Å². The van der Waals surface area contributed by atoms with Crippen molar-refractivity contribution in [1.29, 1.82) is 0 Å². The van der Waals surface area contributed by atoms with Crippen molar-refractivity contribution in [2.75, 3.05) is 6.26 Å². The Morgan fingerprint density at radius 3 is 2.50 bits per heavy atom. The van der Waals surface area contributed by atoms with E-state index >= 15 is 0 Å². The number of nitrogens with zero attached hydrogens (tertiary/aromatic N) is 2. The highest BCUT2D eigenvalue weighted by Crippen LogP contribution is 2.12. The summed E-state index contributed by atoms with van der Waals surface area (Å²) in [6.07, 6.45) is 6.46. The van der Waals surface area contributed by atoms with Crippen LogP contribution in [0.25, 0.3) is 12.2 Å². The Labute approximate surface area is 118 Å². The van der Waals surface area contributed by atoms with Gasteiger partial charge in [0.05, 0.1) is 4.90 Å². The van der Waals surface area contributed by atoms with Crippen LogP contribution in [0.4, 0.5) is 0 Å². The van der Waals surface area contributed by atoms with Crippen molar-refractivity contribution >= 4 is 22.0 Å². The number of hydrogen-bond donors (Lipinski definition) is 0. The molecule has 0 spiro atoms. The maximum absolute atomic E-state index is 11.3. The van der Waals surface area contributed by atoms with Gasteiger partial charge in [-0.3, -0.25) is 0 Å². The quantitative estimate of drug-likeness (QED) is 0.847. The van der Waals surface area contributed by atoms with E-state index in [1.54, 1.807) is 30.3 Å². The molecule has 20 heavy (non-hydrogen) atoms. The van der Waals surface area contributed by atoms with Gasteiger partial charge in [0.25, 0.3) is 0 Å². The van der Waals surface area contributed by atoms with Gasteiger partial charge < -0.3 is 4.52 Å². The number of benzene rings is 1. The first-order valence-electron chi connectivity index (χ1n) is 6.30. The Bertz CT molecular complexity index is 700. The smallest absolute Gasteiger partial charge is 0.226 e. The minimum absolute atomic E-state index is 0.305. The van der Waals surface area contributed by atoms with E-state index < -0.39 is 9.84 Å². The number of sulfone groups is 1. The molecule has 0 aliphatic heterocycles. The first kappa shape index (κ1) is 14.5. The molecule has 5 nitrogen and oxygen atoms in total. The first-order chi connectivity index (χ1) is 9.49. The molecule has 0 fully saturated rings. The molecule has 0 radical (unpaired) electrons. The third-order valence-corrected chi connectivity index (χ3v) is 3.81. The van der Waals surface area contributed by atoms with E-state index in [9.17, 15) is 8.42 Å². The average molecular weight is 292 g/mol. The monoisotopic (exact) mass is 292 g/mol. The van der Waals surface area contributed by atoms with Crippen LogP contribution in [0.15, 0.2) is 33.7 Å². The maximum atomic E-state index is 11.3. The molecule has 0 N–H and O–H groups in total. The summed E-state index contributed by atoms with van der Waals surface area (Å²) in [4.78, 5) is 4.52. The fourth-order valence-electron chi connectivity index (χ4n) is 1.65. The molecule has 2 rings (SSSR count). The molecule has 0 amide bonds. The molecule has 6 heteroatoms. The molecule has 1 aromatic heterocycles. The van der Waals surface area contributed by atoms with Gasteiger partial charge in [-0.2, -0.15) is 4.98 Å². The molecular weight excluding hydrogens is 276 g/mol. The predicted molar refractivity (Wildman–Crippen MR) is 76.8 cm³/mol. The van der Waals surface area contributed by atoms with Gasteiger partial charge in [0.1, 0.15) is 0 Å². The first-order valence-corrected chi connectivity index (χ1v) is 8.19. The van der Waals surface area contributed by atoms with Gasteiger partial charge in [-0.25, -0.2) is 8.42 Å². The second-order valence-corrected chi connectivity index (χ2v) is 6.49. The zero-order chi connectivity index (χ0) is 14.6. The van der Waals surface area contributed by atoms with Gasteiger partial charge in [0.15, 0.2) is 15.7 Å². The predicted octanol–water partition coefficient (Wildman–Crippen LogP) is 2.60. The summed E-state index contributed by atoms with van der Waals surface area (Å²) < 4.78 is 27.7. The number of aromatic nitrogens is 2. The molecule has 2 aromatic rings. The van der Waals surface area contributed by atoms with Crippen LogP contribution < -0.4 is 0 Å². The summed E-state index contributed by atoms with van der Waals surface area (Å²) in [6, 6.07) is 6.63. The van der Waals surface area contributed by atoms with E-state index in [-0.39, 0.29) is 0 Å². The van der Waals surface area contributed by atoms with Crippen molar-refractivity contribution in [3.05, 3.63) is 41.5 Å². The average Bonchev–Trinajstić information content (AvgIpc) is 2.84. The van der Waals surface area contributed by atoms with E-state index in [2.05, 4.69) is 10.1 Å². The SMILES string of the molecule is CCCc1nc(C=Cc2ccc(S(C)(=O)=O)cc2)no1. The van der Waals surface area contributed by atoms with Gasteiger partial charge in [-0.1, -0.05) is 30.3 Å². The minimum Gasteiger partial charge on any atom is -0.339 e. The van der Waals surface area contributed by atoms with Crippen LogP contribution in [0.3, 0.4) is 0 Å². The fraction of sp³-hybridized carbons (Fsp3) is 0.286. The van der Waals surface area contributed by atoms with Crippen molar-refractivity contribution in [3.8, 4) is 0 Å². The molecule has 106 valence electrons. The lowest BCUT2D eigenvalue weighted by molar-refractivity contribution is 0.375. The zero-order valence-corrected chi connectivity index (χ0v) is 12.2. The van der Waals surface area contributed by atoms with Crippen molar-refractivity contribution in [3.63, 3.8) is 0 Å². The van der Waals surface area contributed by atoms with Gasteiger partial charge >= 0.3 is 0 Å². The molecule has 0 saturated heterocycles. The largest absolute Gasteiger partial charge is 0.339 e. The van der Waals surface area contributed by atoms with Crippen LogP contribution in [0, 0.1) is 0 Å². The third-order valence-electron chi connectivity index (χ3n) is 2.68. The van der Waals surface area contributed by atoms with E-state index in [1.807, 2.05) is 13.0 Å². The molecule has 1 heterocycles. The normalized spacial score (nSPS) is 12.1. The van der Waals surface area contributed by atoms with Gasteiger partial charge in [-0.15, -0.1) is 0 Å². The molecule has 0 atom stereocenters. The Kier molecular flexibility index (Phi) is 4.34. The second-order valence-electron chi connectivity index (χ2n) is 4.47. The lowest BCUT2D eigenvalue weighted by atomic mass is 10.2. The van der Waals surface area contributed by atoms with Crippen LogP contribution in [-0.4, -0.2) is 24.8 Å². The Hall–Kier alpha value is -1.95. The second kappa shape index (κ2) is 6.00. The van der Waals surface area contributed by atoms with Crippen molar-refractivity contribution in [2.45, 2.75) is 24.7 Å². The standard InChI is InChI=1S/C14H16N2O3S/c1-3-4-14-15-13(16-19-14)10-7-11-5-8-12(9-6-11)20(2,17)18/h5-10H,3-4H2,1-2H3. The summed E-state index contributed by atoms with van der Waals surface area (Å²) in [6.45, 7) is 2.04. The van der Waals surface area contributed by atoms with Crippen molar-refractivity contribution < 1.29 is 12.9 Å². The maximum Gasteiger partial charge on any atom is 0.226 e. The van der Waals surface area contributed by atoms with Crippen molar-refractivity contribution in [2.24, 2.45) is 0 Å². The molecule has 0 saturated carbocycles. The number of hydrogen-bond acceptors (Lipinski definition) is 5. The van der Waals surface area contributed by atoms with Crippen molar-refractivity contribution in [1.82, 2.24) is 10.1 Å². The van der Waals surface area contributed by atoms with E-state index in [4.69, 9.17) is 4.52 Å². The zero-order valence-electron chi connectivity index (χ0n) is 11.4. The van der Waals surface area contributed by atoms with Gasteiger partial charge in [-0.05, 0) is 30.2 Å². The van der Waals surface area contributed by atoms with E-state index in [0.29, 0.717) is 16.6 Å². The Morgan fingerprint density at radius 1 is 1.20 bits per heavy atom. The highest BCUT2D eigenvalue weighted by atomic mass is 32.2. The highest BCUT2D eigenvalue weighted by molar-refractivity contribution is 7.90. The topological polar surface area (TPSA) is 73.1 Å². The molecule has 0 aliphatic carbocycles. The van der Waals surface area contributed by atoms with Crippen LogP contribution in [0.2, 0.25) is 0 Å².